The molecule has 3 N–H and O–H groups in total. The van der Waals surface area contributed by atoms with Crippen molar-refractivity contribution in [3.63, 3.8) is 0 Å². The van der Waals surface area contributed by atoms with E-state index in [0.29, 0.717) is 41.7 Å². The number of nitrogens with one attached hydrogen (secondary N) is 1. The van der Waals surface area contributed by atoms with Crippen molar-refractivity contribution in [2.75, 3.05) is 52.3 Å². The van der Waals surface area contributed by atoms with Crippen LogP contribution >= 0.6 is 0 Å². The Bertz CT molecular complexity index is 1440. The quantitative estimate of drug-likeness (QED) is 0.231. The Balaban J connectivity index is 0.000000748. The fourth-order valence-electron chi connectivity index (χ4n) is 4.66. The highest BCUT2D eigenvalue weighted by Crippen LogP contribution is 2.36. The zero-order chi connectivity index (χ0) is 30.1. The predicted octanol–water partition coefficient (Wildman–Crippen LogP) is 4.13. The molecule has 0 spiro atoms. The fourth-order valence-corrected chi connectivity index (χ4v) is 4.66. The Morgan fingerprint density at radius 2 is 1.98 bits per heavy atom. The fraction of sp³-hybridized carbons (Fsp3) is 0.333. The number of aryl methyl sites for hydroxylation is 1. The molecule has 2 aliphatic heterocycles. The highest BCUT2D eigenvalue weighted by atomic mass is 19.1. The average molecular weight is 580 g/mol. The lowest BCUT2D eigenvalue weighted by atomic mass is 9.91. The molecule has 0 radical (unpaired) electrons. The zero-order valence-corrected chi connectivity index (χ0v) is 23.8. The SMILES string of the molecule is C=CC(=C)F.COc1cccc(-c2cc(F)ccc2C2Cc3nc(N)nc(C)c3C(NOCCN3CCOCC3)=N2)n1. The van der Waals surface area contributed by atoms with Gasteiger partial charge in [0.05, 0.1) is 55.6 Å². The molecule has 222 valence electrons. The summed E-state index contributed by atoms with van der Waals surface area (Å²) in [6.07, 6.45) is 1.52. The van der Waals surface area contributed by atoms with E-state index in [1.165, 1.54) is 12.1 Å². The van der Waals surface area contributed by atoms with Crippen molar-refractivity contribution in [3.8, 4) is 17.1 Å². The summed E-state index contributed by atoms with van der Waals surface area (Å²) in [5.74, 6) is 0.302. The van der Waals surface area contributed by atoms with Crippen LogP contribution in [0.5, 0.6) is 5.88 Å². The third-order valence-electron chi connectivity index (χ3n) is 6.68. The van der Waals surface area contributed by atoms with Crippen molar-refractivity contribution >= 4 is 11.8 Å². The Kier molecular flexibility index (Phi) is 10.7. The molecular weight excluding hydrogens is 544 g/mol. The van der Waals surface area contributed by atoms with E-state index in [2.05, 4.69) is 38.5 Å². The number of benzene rings is 1. The molecule has 1 saturated heterocycles. The lowest BCUT2D eigenvalue weighted by Crippen LogP contribution is -2.40. The maximum Gasteiger partial charge on any atom is 0.220 e. The summed E-state index contributed by atoms with van der Waals surface area (Å²) in [5, 5.41) is 0. The van der Waals surface area contributed by atoms with Crippen molar-refractivity contribution in [1.82, 2.24) is 25.3 Å². The van der Waals surface area contributed by atoms with Gasteiger partial charge < -0.3 is 15.2 Å². The molecule has 1 atom stereocenters. The van der Waals surface area contributed by atoms with E-state index in [9.17, 15) is 8.78 Å². The van der Waals surface area contributed by atoms with E-state index in [1.807, 2.05) is 19.1 Å². The summed E-state index contributed by atoms with van der Waals surface area (Å²) in [6, 6.07) is 9.63. The highest BCUT2D eigenvalue weighted by Gasteiger charge is 2.29. The standard InChI is InChI=1S/C26H30FN7O3.C4H5F/c1-16-24-22(32-26(28)29-16)15-21(31-25(24)33-37-13-10-34-8-11-36-12-9-34)18-7-6-17(27)14-19(18)20-4-3-5-23(30-20)35-2;1-3-4(2)5/h3-7,14,21H,8-13,15H2,1-2H3,(H,31,33)(H2,28,29,32);3H,1-2H2. The number of aliphatic imine (C=N–C) groups is 1. The van der Waals surface area contributed by atoms with Gasteiger partial charge in [0.2, 0.25) is 11.8 Å². The number of hydroxylamine groups is 1. The molecule has 0 bridgehead atoms. The molecule has 3 aromatic rings. The van der Waals surface area contributed by atoms with Crippen molar-refractivity contribution in [2.24, 2.45) is 4.99 Å². The number of nitrogens with two attached hydrogens (primary N) is 1. The topological polar surface area (TPSA) is 120 Å². The molecule has 0 saturated carbocycles. The zero-order valence-electron chi connectivity index (χ0n) is 23.8. The van der Waals surface area contributed by atoms with Crippen LogP contribution in [0.1, 0.15) is 28.6 Å². The first kappa shape index (κ1) is 30.7. The number of anilines is 1. The van der Waals surface area contributed by atoms with Gasteiger partial charge in [-0.2, -0.15) is 0 Å². The lowest BCUT2D eigenvalue weighted by molar-refractivity contribution is 0.0103. The number of amidine groups is 1. The van der Waals surface area contributed by atoms with Crippen LogP contribution in [0.2, 0.25) is 0 Å². The largest absolute Gasteiger partial charge is 0.481 e. The number of nitrogen functional groups attached to an aromatic ring is 1. The van der Waals surface area contributed by atoms with Crippen molar-refractivity contribution in [3.05, 3.63) is 89.8 Å². The third-order valence-corrected chi connectivity index (χ3v) is 6.68. The third kappa shape index (κ3) is 7.93. The lowest BCUT2D eigenvalue weighted by Gasteiger charge is -2.27. The van der Waals surface area contributed by atoms with E-state index >= 15 is 0 Å². The predicted molar refractivity (Wildman–Crippen MR) is 157 cm³/mol. The molecule has 1 unspecified atom stereocenters. The molecule has 42 heavy (non-hydrogen) atoms. The van der Waals surface area contributed by atoms with Gasteiger partial charge in [0, 0.05) is 37.7 Å². The van der Waals surface area contributed by atoms with Crippen molar-refractivity contribution in [2.45, 2.75) is 19.4 Å². The number of halogens is 2. The first-order valence-electron chi connectivity index (χ1n) is 13.5. The summed E-state index contributed by atoms with van der Waals surface area (Å²) in [6.45, 7) is 12.3. The Labute approximate surface area is 243 Å². The summed E-state index contributed by atoms with van der Waals surface area (Å²) >= 11 is 0. The molecule has 0 amide bonds. The number of nitrogens with zero attached hydrogens (tertiary/aromatic N) is 5. The van der Waals surface area contributed by atoms with Gasteiger partial charge in [-0.15, -0.1) is 0 Å². The first-order chi connectivity index (χ1) is 20.3. The molecule has 2 aliphatic rings. The van der Waals surface area contributed by atoms with Crippen LogP contribution in [0.15, 0.2) is 66.5 Å². The molecular formula is C30H35F2N7O3. The summed E-state index contributed by atoms with van der Waals surface area (Å²) in [5.41, 5.74) is 13.2. The number of aromatic nitrogens is 3. The number of methoxy groups -OCH3 is 1. The molecule has 10 nitrogen and oxygen atoms in total. The van der Waals surface area contributed by atoms with Crippen LogP contribution in [0.3, 0.4) is 0 Å². The van der Waals surface area contributed by atoms with Crippen LogP contribution in [0.4, 0.5) is 14.7 Å². The number of hydrogen-bond acceptors (Lipinski definition) is 10. The number of rotatable bonds is 8. The van der Waals surface area contributed by atoms with Crippen LogP contribution in [0, 0.1) is 12.7 Å². The molecule has 1 fully saturated rings. The van der Waals surface area contributed by atoms with Crippen molar-refractivity contribution in [1.29, 1.82) is 0 Å². The van der Waals surface area contributed by atoms with Gasteiger partial charge in [0.25, 0.3) is 0 Å². The molecule has 12 heteroatoms. The molecule has 4 heterocycles. The second-order valence-electron chi connectivity index (χ2n) is 9.54. The van der Waals surface area contributed by atoms with Gasteiger partial charge in [-0.3, -0.25) is 14.7 Å². The molecule has 2 aromatic heterocycles. The van der Waals surface area contributed by atoms with E-state index < -0.39 is 5.83 Å². The molecule has 1 aromatic carbocycles. The van der Waals surface area contributed by atoms with Crippen LogP contribution in [-0.4, -0.2) is 72.3 Å². The summed E-state index contributed by atoms with van der Waals surface area (Å²) in [7, 11) is 1.55. The first-order valence-corrected chi connectivity index (χ1v) is 13.5. The van der Waals surface area contributed by atoms with Crippen molar-refractivity contribution < 1.29 is 23.1 Å². The number of ether oxygens (including phenoxy) is 2. The van der Waals surface area contributed by atoms with E-state index in [4.69, 9.17) is 25.0 Å². The monoisotopic (exact) mass is 579 g/mol. The maximum absolute atomic E-state index is 14.4. The van der Waals surface area contributed by atoms with Crippen LogP contribution < -0.4 is 16.0 Å². The van der Waals surface area contributed by atoms with Crippen LogP contribution in [0.25, 0.3) is 11.3 Å². The Hall–Kier alpha value is -4.26. The van der Waals surface area contributed by atoms with Gasteiger partial charge >= 0.3 is 0 Å². The minimum Gasteiger partial charge on any atom is -0.481 e. The average Bonchev–Trinajstić information content (AvgIpc) is 2.99. The van der Waals surface area contributed by atoms with Crippen LogP contribution in [-0.2, 0) is 16.0 Å². The van der Waals surface area contributed by atoms with Gasteiger partial charge in [-0.05, 0) is 36.8 Å². The second kappa shape index (κ2) is 14.6. The van der Waals surface area contributed by atoms with Gasteiger partial charge in [0.1, 0.15) is 11.6 Å². The maximum atomic E-state index is 14.4. The number of fused-ring (bicyclic) bond motifs is 1. The highest BCUT2D eigenvalue weighted by molar-refractivity contribution is 6.01. The van der Waals surface area contributed by atoms with E-state index in [1.54, 1.807) is 19.2 Å². The number of hydrogen-bond donors (Lipinski definition) is 2. The normalized spacial score (nSPS) is 16.4. The summed E-state index contributed by atoms with van der Waals surface area (Å²) in [4.78, 5) is 26.4. The Morgan fingerprint density at radius 1 is 1.21 bits per heavy atom. The smallest absolute Gasteiger partial charge is 0.220 e. The van der Waals surface area contributed by atoms with Gasteiger partial charge in [-0.1, -0.05) is 25.3 Å². The molecule has 5 rings (SSSR count). The van der Waals surface area contributed by atoms with Gasteiger partial charge in [-0.25, -0.2) is 29.2 Å². The second-order valence-corrected chi connectivity index (χ2v) is 9.54. The molecule has 0 aliphatic carbocycles. The van der Waals surface area contributed by atoms with E-state index in [0.717, 1.165) is 55.7 Å². The summed E-state index contributed by atoms with van der Waals surface area (Å²) < 4.78 is 36.2. The Morgan fingerprint density at radius 3 is 2.69 bits per heavy atom. The number of morpholine rings is 1. The minimum absolute atomic E-state index is 0.193. The minimum atomic E-state index is -0.481. The number of pyridine rings is 1. The van der Waals surface area contributed by atoms with Gasteiger partial charge in [0.15, 0.2) is 5.84 Å². The van der Waals surface area contributed by atoms with E-state index in [-0.39, 0.29) is 17.8 Å². The number of allylic oxidation sites excluding steroid dienone is 2.